The fourth-order valence-electron chi connectivity index (χ4n) is 4.11. The van der Waals surface area contributed by atoms with E-state index in [0.717, 1.165) is 51.6 Å². The Kier molecular flexibility index (Phi) is 8.49. The molecular formula is C22H36O5. The SMILES string of the molecule is CCCCC(C)(C)C(C=C[C@@H]1CCC(=O)[C@H]1CC(=O)O)OC1CCCCO1. The number of hydrogen-bond donors (Lipinski definition) is 1. The van der Waals surface area contributed by atoms with Gasteiger partial charge in [0, 0.05) is 18.9 Å². The van der Waals surface area contributed by atoms with Crippen LogP contribution in [0, 0.1) is 17.3 Å². The van der Waals surface area contributed by atoms with Crippen LogP contribution in [0.2, 0.25) is 0 Å². The summed E-state index contributed by atoms with van der Waals surface area (Å²) in [5, 5.41) is 9.11. The van der Waals surface area contributed by atoms with Gasteiger partial charge >= 0.3 is 5.97 Å². The highest BCUT2D eigenvalue weighted by molar-refractivity contribution is 5.87. The summed E-state index contributed by atoms with van der Waals surface area (Å²) < 4.78 is 12.1. The molecule has 2 fully saturated rings. The Balaban J connectivity index is 2.10. The van der Waals surface area contributed by atoms with Gasteiger partial charge in [0.05, 0.1) is 12.5 Å². The first-order valence-corrected chi connectivity index (χ1v) is 10.5. The van der Waals surface area contributed by atoms with Gasteiger partial charge in [-0.25, -0.2) is 0 Å². The van der Waals surface area contributed by atoms with E-state index < -0.39 is 11.9 Å². The van der Waals surface area contributed by atoms with Gasteiger partial charge in [0.2, 0.25) is 0 Å². The van der Waals surface area contributed by atoms with Crippen LogP contribution in [0.15, 0.2) is 12.2 Å². The van der Waals surface area contributed by atoms with Gasteiger partial charge in [0.25, 0.3) is 0 Å². The number of carbonyl (C=O) groups excluding carboxylic acids is 1. The quantitative estimate of drug-likeness (QED) is 0.554. The number of aliphatic carboxylic acids is 1. The topological polar surface area (TPSA) is 72.8 Å². The van der Waals surface area contributed by atoms with Crippen molar-refractivity contribution in [1.82, 2.24) is 0 Å². The fourth-order valence-corrected chi connectivity index (χ4v) is 4.11. The number of hydrogen-bond acceptors (Lipinski definition) is 4. The Morgan fingerprint density at radius 2 is 2.15 bits per heavy atom. The summed E-state index contributed by atoms with van der Waals surface area (Å²) in [7, 11) is 0. The van der Waals surface area contributed by atoms with Crippen molar-refractivity contribution < 1.29 is 24.2 Å². The van der Waals surface area contributed by atoms with Crippen LogP contribution < -0.4 is 0 Å². The lowest BCUT2D eigenvalue weighted by Crippen LogP contribution is -2.36. The zero-order valence-corrected chi connectivity index (χ0v) is 17.1. The molecule has 5 heteroatoms. The van der Waals surface area contributed by atoms with Gasteiger partial charge < -0.3 is 14.6 Å². The second kappa shape index (κ2) is 10.4. The van der Waals surface area contributed by atoms with Crippen LogP contribution in [-0.4, -0.2) is 35.9 Å². The number of ether oxygens (including phenoxy) is 2. The zero-order valence-electron chi connectivity index (χ0n) is 17.1. The molecule has 0 bridgehead atoms. The molecule has 0 aromatic rings. The molecule has 27 heavy (non-hydrogen) atoms. The molecule has 1 aliphatic heterocycles. The van der Waals surface area contributed by atoms with E-state index in [4.69, 9.17) is 14.6 Å². The molecule has 1 heterocycles. The maximum Gasteiger partial charge on any atom is 0.304 e. The molecule has 2 rings (SSSR count). The lowest BCUT2D eigenvalue weighted by atomic mass is 9.80. The predicted octanol–water partition coefficient (Wildman–Crippen LogP) is 4.74. The summed E-state index contributed by atoms with van der Waals surface area (Å²) in [4.78, 5) is 23.2. The largest absolute Gasteiger partial charge is 0.481 e. The van der Waals surface area contributed by atoms with Crippen molar-refractivity contribution in [2.24, 2.45) is 17.3 Å². The van der Waals surface area contributed by atoms with E-state index in [1.54, 1.807) is 0 Å². The highest BCUT2D eigenvalue weighted by atomic mass is 16.7. The van der Waals surface area contributed by atoms with E-state index in [0.29, 0.717) is 6.42 Å². The maximum absolute atomic E-state index is 12.1. The summed E-state index contributed by atoms with van der Waals surface area (Å²) in [6.07, 6.45) is 11.4. The number of carboxylic acid groups (broad SMARTS) is 1. The molecular weight excluding hydrogens is 344 g/mol. The first kappa shape index (κ1) is 22.1. The zero-order chi connectivity index (χ0) is 19.9. The van der Waals surface area contributed by atoms with Crippen LogP contribution >= 0.6 is 0 Å². The van der Waals surface area contributed by atoms with E-state index >= 15 is 0 Å². The molecule has 0 amide bonds. The lowest BCUT2D eigenvalue weighted by molar-refractivity contribution is -0.197. The molecule has 5 nitrogen and oxygen atoms in total. The van der Waals surface area contributed by atoms with Gasteiger partial charge in [-0.3, -0.25) is 9.59 Å². The summed E-state index contributed by atoms with van der Waals surface area (Å²) in [5.74, 6) is -1.23. The predicted molar refractivity (Wildman–Crippen MR) is 104 cm³/mol. The van der Waals surface area contributed by atoms with Gasteiger partial charge in [-0.05, 0) is 43.4 Å². The van der Waals surface area contributed by atoms with E-state index in [1.807, 2.05) is 6.08 Å². The van der Waals surface area contributed by atoms with Crippen molar-refractivity contribution in [2.45, 2.75) is 91.0 Å². The Morgan fingerprint density at radius 3 is 2.78 bits per heavy atom. The van der Waals surface area contributed by atoms with Crippen molar-refractivity contribution >= 4 is 11.8 Å². The van der Waals surface area contributed by atoms with Gasteiger partial charge in [-0.1, -0.05) is 45.8 Å². The number of unbranched alkanes of at least 4 members (excludes halogenated alkanes) is 1. The standard InChI is InChI=1S/C22H36O5/c1-4-5-13-22(2,3)19(27-21-8-6-7-14-26-21)12-10-16-9-11-18(23)17(16)15-20(24)25/h10,12,16-17,19,21H,4-9,11,13-15H2,1-3H3,(H,24,25)/t16-,17-,19?,21?/m0/s1. The Labute approximate surface area is 163 Å². The summed E-state index contributed by atoms with van der Waals surface area (Å²) in [6, 6.07) is 0. The van der Waals surface area contributed by atoms with Crippen molar-refractivity contribution in [1.29, 1.82) is 0 Å². The van der Waals surface area contributed by atoms with Crippen molar-refractivity contribution in [3.8, 4) is 0 Å². The van der Waals surface area contributed by atoms with Crippen LogP contribution in [0.4, 0.5) is 0 Å². The van der Waals surface area contributed by atoms with Gasteiger partial charge in [-0.2, -0.15) is 0 Å². The average Bonchev–Trinajstić information content (AvgIpc) is 2.97. The molecule has 1 saturated heterocycles. The molecule has 0 aromatic carbocycles. The Hall–Kier alpha value is -1.20. The Bertz CT molecular complexity index is 519. The first-order valence-electron chi connectivity index (χ1n) is 10.5. The lowest BCUT2D eigenvalue weighted by Gasteiger charge is -2.36. The monoisotopic (exact) mass is 380 g/mol. The van der Waals surface area contributed by atoms with Gasteiger partial charge in [0.1, 0.15) is 5.78 Å². The second-order valence-electron chi connectivity index (χ2n) is 8.70. The molecule has 154 valence electrons. The van der Waals surface area contributed by atoms with E-state index in [-0.39, 0.29) is 35.9 Å². The van der Waals surface area contributed by atoms with Crippen molar-refractivity contribution in [2.75, 3.05) is 6.61 Å². The molecule has 0 aromatic heterocycles. The maximum atomic E-state index is 12.1. The minimum absolute atomic E-state index is 0.00560. The smallest absolute Gasteiger partial charge is 0.304 e. The minimum atomic E-state index is -0.902. The molecule has 1 saturated carbocycles. The van der Waals surface area contributed by atoms with Crippen LogP contribution in [0.1, 0.15) is 78.6 Å². The number of carbonyl (C=O) groups is 2. The number of carboxylic acids is 1. The fraction of sp³-hybridized carbons (Fsp3) is 0.818. The van der Waals surface area contributed by atoms with Crippen LogP contribution in [-0.2, 0) is 19.1 Å². The van der Waals surface area contributed by atoms with E-state index in [9.17, 15) is 9.59 Å². The second-order valence-corrected chi connectivity index (χ2v) is 8.70. The van der Waals surface area contributed by atoms with Crippen LogP contribution in [0.25, 0.3) is 0 Å². The van der Waals surface area contributed by atoms with Crippen LogP contribution in [0.5, 0.6) is 0 Å². The number of allylic oxidation sites excluding steroid dienone is 1. The van der Waals surface area contributed by atoms with Crippen molar-refractivity contribution in [3.63, 3.8) is 0 Å². The summed E-state index contributed by atoms with van der Waals surface area (Å²) in [5.41, 5.74) is -0.0434. The average molecular weight is 381 g/mol. The van der Waals surface area contributed by atoms with E-state index in [2.05, 4.69) is 26.8 Å². The third kappa shape index (κ3) is 6.72. The number of ketones is 1. The number of rotatable bonds is 10. The minimum Gasteiger partial charge on any atom is -0.481 e. The molecule has 1 aliphatic carbocycles. The first-order chi connectivity index (χ1) is 12.8. The summed E-state index contributed by atoms with van der Waals surface area (Å²) >= 11 is 0. The highest BCUT2D eigenvalue weighted by Gasteiger charge is 2.36. The molecule has 0 spiro atoms. The third-order valence-corrected chi connectivity index (χ3v) is 5.96. The van der Waals surface area contributed by atoms with E-state index in [1.165, 1.54) is 0 Å². The molecule has 4 atom stereocenters. The molecule has 1 N–H and O–H groups in total. The van der Waals surface area contributed by atoms with Crippen LogP contribution in [0.3, 0.4) is 0 Å². The Morgan fingerprint density at radius 1 is 1.37 bits per heavy atom. The van der Waals surface area contributed by atoms with Gasteiger partial charge in [0.15, 0.2) is 6.29 Å². The third-order valence-electron chi connectivity index (χ3n) is 5.96. The number of Topliss-reactive ketones (excluding diaryl/α,β-unsaturated/α-hetero) is 1. The van der Waals surface area contributed by atoms with Gasteiger partial charge in [-0.15, -0.1) is 0 Å². The molecule has 0 radical (unpaired) electrons. The summed E-state index contributed by atoms with van der Waals surface area (Å²) in [6.45, 7) is 7.37. The molecule has 2 aliphatic rings. The van der Waals surface area contributed by atoms with Crippen molar-refractivity contribution in [3.05, 3.63) is 12.2 Å². The highest BCUT2D eigenvalue weighted by Crippen LogP contribution is 2.36. The normalized spacial score (nSPS) is 28.0. The molecule has 2 unspecified atom stereocenters.